The molecule has 1 aromatic heterocycles. The maximum atomic E-state index is 14.0. The molecule has 1 aliphatic carbocycles. The Morgan fingerprint density at radius 1 is 1.12 bits per heavy atom. The van der Waals surface area contributed by atoms with Crippen molar-refractivity contribution < 1.29 is 32.9 Å². The molecule has 0 radical (unpaired) electrons. The van der Waals surface area contributed by atoms with Gasteiger partial charge in [0.15, 0.2) is 0 Å². The summed E-state index contributed by atoms with van der Waals surface area (Å²) in [6, 6.07) is 11.2. The largest absolute Gasteiger partial charge is 0.481 e. The van der Waals surface area contributed by atoms with E-state index in [4.69, 9.17) is 10.1 Å². The molecule has 1 aliphatic rings. The number of carboxylic acid groups (broad SMARTS) is 1. The first-order chi connectivity index (χ1) is 19.4. The summed E-state index contributed by atoms with van der Waals surface area (Å²) < 4.78 is 41.7. The molecule has 0 saturated heterocycles. The van der Waals surface area contributed by atoms with Gasteiger partial charge in [-0.3, -0.25) is 9.78 Å². The van der Waals surface area contributed by atoms with Crippen LogP contribution in [0.1, 0.15) is 61.4 Å². The van der Waals surface area contributed by atoms with Gasteiger partial charge in [0.2, 0.25) is 10.0 Å². The van der Waals surface area contributed by atoms with Crippen molar-refractivity contribution >= 4 is 22.1 Å². The number of sulfonamides is 1. The van der Waals surface area contributed by atoms with Crippen LogP contribution in [0.5, 0.6) is 0 Å². The number of fused-ring (bicyclic) bond motifs is 3. The number of carbonyl (C=O) groups is 1. The fraction of sp³-hybridized carbons (Fsp3) is 0.355. The minimum absolute atomic E-state index is 0.0789. The first kappa shape index (κ1) is 30.5. The average Bonchev–Trinajstić information content (AvgIpc) is 3.09. The van der Waals surface area contributed by atoms with Gasteiger partial charge >= 0.3 is 5.97 Å². The Labute approximate surface area is 239 Å². The molecule has 4 N–H and O–H groups in total. The van der Waals surface area contributed by atoms with Gasteiger partial charge in [0.05, 0.1) is 34.9 Å². The molecule has 0 amide bonds. The summed E-state index contributed by atoms with van der Waals surface area (Å²) in [7, 11) is -2.33. The number of rotatable bonds is 10. The minimum Gasteiger partial charge on any atom is -0.481 e. The summed E-state index contributed by atoms with van der Waals surface area (Å²) in [5, 5.41) is 29.5. The number of hydrogen-bond acceptors (Lipinski definition) is 6. The van der Waals surface area contributed by atoms with E-state index in [-0.39, 0.29) is 23.1 Å². The van der Waals surface area contributed by atoms with E-state index in [2.05, 4.69) is 4.72 Å². The monoisotopic (exact) mass is 582 g/mol. The zero-order valence-electron chi connectivity index (χ0n) is 23.3. The van der Waals surface area contributed by atoms with Crippen molar-refractivity contribution in [3.63, 3.8) is 0 Å². The number of pyridine rings is 1. The van der Waals surface area contributed by atoms with Gasteiger partial charge in [0.1, 0.15) is 5.82 Å². The molecule has 3 aromatic rings. The number of aryl methyl sites for hydroxylation is 1. The number of benzene rings is 2. The number of aliphatic hydroxyl groups excluding tert-OH is 2. The Hall–Kier alpha value is -3.44. The summed E-state index contributed by atoms with van der Waals surface area (Å²) in [5.74, 6) is -1.62. The van der Waals surface area contributed by atoms with Gasteiger partial charge in [0, 0.05) is 17.5 Å². The Kier molecular flexibility index (Phi) is 9.38. The van der Waals surface area contributed by atoms with Crippen molar-refractivity contribution in [2.75, 3.05) is 7.05 Å². The highest BCUT2D eigenvalue weighted by Crippen LogP contribution is 2.42. The smallest absolute Gasteiger partial charge is 0.305 e. The molecule has 1 heterocycles. The van der Waals surface area contributed by atoms with E-state index in [9.17, 15) is 27.8 Å². The summed E-state index contributed by atoms with van der Waals surface area (Å²) in [5.41, 5.74) is 6.25. The number of hydrogen-bond donors (Lipinski definition) is 4. The minimum atomic E-state index is -3.70. The molecule has 0 spiro atoms. The summed E-state index contributed by atoms with van der Waals surface area (Å²) in [6.45, 7) is 3.96. The van der Waals surface area contributed by atoms with E-state index in [1.54, 1.807) is 30.3 Å². The summed E-state index contributed by atoms with van der Waals surface area (Å²) in [6.07, 6.45) is 2.42. The Morgan fingerprint density at radius 2 is 1.83 bits per heavy atom. The molecule has 8 nitrogen and oxygen atoms in total. The number of nitrogens with one attached hydrogen (secondary N) is 1. The topological polar surface area (TPSA) is 137 Å². The van der Waals surface area contributed by atoms with Crippen LogP contribution in [0, 0.1) is 5.82 Å². The molecule has 41 heavy (non-hydrogen) atoms. The molecule has 218 valence electrons. The number of aliphatic hydroxyl groups is 2. The second kappa shape index (κ2) is 12.6. The fourth-order valence-electron chi connectivity index (χ4n) is 5.26. The van der Waals surface area contributed by atoms with Gasteiger partial charge in [-0.25, -0.2) is 17.5 Å². The zero-order valence-corrected chi connectivity index (χ0v) is 24.1. The van der Waals surface area contributed by atoms with Crippen LogP contribution in [0.15, 0.2) is 53.4 Å². The molecule has 0 saturated carbocycles. The van der Waals surface area contributed by atoms with Crippen LogP contribution in [-0.4, -0.2) is 53.9 Å². The number of aliphatic carboxylic acids is 1. The highest BCUT2D eigenvalue weighted by Gasteiger charge is 2.27. The maximum absolute atomic E-state index is 14.0. The summed E-state index contributed by atoms with van der Waals surface area (Å²) >= 11 is 0. The highest BCUT2D eigenvalue weighted by atomic mass is 32.2. The molecule has 0 bridgehead atoms. The van der Waals surface area contributed by atoms with Crippen molar-refractivity contribution in [3.05, 3.63) is 76.7 Å². The van der Waals surface area contributed by atoms with E-state index >= 15 is 0 Å². The van der Waals surface area contributed by atoms with Crippen molar-refractivity contribution in [2.24, 2.45) is 0 Å². The number of nitrogens with zero attached hydrogens (tertiary/aromatic N) is 1. The van der Waals surface area contributed by atoms with Gasteiger partial charge in [-0.15, -0.1) is 0 Å². The normalized spacial score (nSPS) is 14.9. The van der Waals surface area contributed by atoms with Crippen LogP contribution in [0.25, 0.3) is 28.5 Å². The molecule has 2 aromatic carbocycles. The number of halogens is 1. The first-order valence-electron chi connectivity index (χ1n) is 13.6. The van der Waals surface area contributed by atoms with E-state index < -0.39 is 34.6 Å². The third-order valence-corrected chi connectivity index (χ3v) is 8.65. The predicted molar refractivity (Wildman–Crippen MR) is 155 cm³/mol. The van der Waals surface area contributed by atoms with E-state index in [0.29, 0.717) is 17.8 Å². The fourth-order valence-corrected chi connectivity index (χ4v) is 6.02. The van der Waals surface area contributed by atoms with Gasteiger partial charge < -0.3 is 15.3 Å². The SMILES string of the molecule is CNS(=O)(=O)c1ccc2c(c1)-c1nc(C(C)C)c(/C=C/[C@@H](O)C[C@@H](O)CC(=O)O)c(-c3ccc(F)cc3)c1CCC2. The Morgan fingerprint density at radius 3 is 2.46 bits per heavy atom. The first-order valence-corrected chi connectivity index (χ1v) is 15.0. The van der Waals surface area contributed by atoms with Crippen molar-refractivity contribution in [1.29, 1.82) is 0 Å². The number of aromatic nitrogens is 1. The predicted octanol–water partition coefficient (Wildman–Crippen LogP) is 4.67. The van der Waals surface area contributed by atoms with Crippen molar-refractivity contribution in [3.8, 4) is 22.4 Å². The number of carboxylic acids is 1. The molecule has 2 atom stereocenters. The van der Waals surface area contributed by atoms with Crippen LogP contribution in [0.2, 0.25) is 0 Å². The van der Waals surface area contributed by atoms with Gasteiger partial charge in [0.25, 0.3) is 0 Å². The molecule has 4 rings (SSSR count). The summed E-state index contributed by atoms with van der Waals surface area (Å²) in [4.78, 5) is 16.2. The van der Waals surface area contributed by atoms with Crippen molar-refractivity contribution in [1.82, 2.24) is 9.71 Å². The zero-order chi connectivity index (χ0) is 29.9. The molecule has 10 heteroatoms. The lowest BCUT2D eigenvalue weighted by Crippen LogP contribution is -2.19. The van der Waals surface area contributed by atoms with Gasteiger partial charge in [-0.1, -0.05) is 44.2 Å². The van der Waals surface area contributed by atoms with Crippen LogP contribution in [0.3, 0.4) is 0 Å². The third-order valence-electron chi connectivity index (χ3n) is 7.24. The highest BCUT2D eigenvalue weighted by molar-refractivity contribution is 7.89. The molecular formula is C31H35FN2O6S. The van der Waals surface area contributed by atoms with Gasteiger partial charge in [-0.05, 0) is 78.7 Å². The third kappa shape index (κ3) is 6.90. The lowest BCUT2D eigenvalue weighted by Gasteiger charge is -2.22. The lowest BCUT2D eigenvalue weighted by molar-refractivity contribution is -0.139. The lowest BCUT2D eigenvalue weighted by atomic mass is 9.86. The molecule has 0 unspecified atom stereocenters. The Bertz CT molecular complexity index is 1570. The van der Waals surface area contributed by atoms with Crippen LogP contribution in [0.4, 0.5) is 4.39 Å². The quantitative estimate of drug-likeness (QED) is 0.273. The Balaban J connectivity index is 1.96. The van der Waals surface area contributed by atoms with E-state index in [1.807, 2.05) is 19.9 Å². The second-order valence-corrected chi connectivity index (χ2v) is 12.5. The maximum Gasteiger partial charge on any atom is 0.305 e. The van der Waals surface area contributed by atoms with Crippen LogP contribution < -0.4 is 4.72 Å². The molecule has 0 fully saturated rings. The van der Waals surface area contributed by atoms with Crippen LogP contribution >= 0.6 is 0 Å². The van der Waals surface area contributed by atoms with Crippen LogP contribution in [-0.2, 0) is 27.7 Å². The average molecular weight is 583 g/mol. The van der Waals surface area contributed by atoms with E-state index in [1.165, 1.54) is 25.3 Å². The van der Waals surface area contributed by atoms with Crippen molar-refractivity contribution in [2.45, 2.75) is 69.0 Å². The van der Waals surface area contributed by atoms with Gasteiger partial charge in [-0.2, -0.15) is 0 Å². The molecule has 0 aliphatic heterocycles. The standard InChI is InChI=1S/C31H35FN2O6S/c1-18(2)30-26(14-12-22(35)15-23(36)16-28(37)38)29(20-7-10-21(32)11-8-20)25-6-4-5-19-9-13-24(41(39,40)33-3)17-27(19)31(25)34-30/h7-14,17-18,22-23,33,35-36H,4-6,15-16H2,1-3H3,(H,37,38)/b14-12+/t22-,23-/m1/s1. The van der Waals surface area contributed by atoms with E-state index in [0.717, 1.165) is 46.2 Å². The second-order valence-electron chi connectivity index (χ2n) is 10.6. The molecular weight excluding hydrogens is 547 g/mol.